The zero-order valence-electron chi connectivity index (χ0n) is 32.4. The van der Waals surface area contributed by atoms with Crippen LogP contribution < -0.4 is 0 Å². The largest absolute Gasteiger partial charge is 0.462 e. The minimum absolute atomic E-state index is 0.0795. The molecule has 0 aromatic heterocycles. The summed E-state index contributed by atoms with van der Waals surface area (Å²) in [6.45, 7) is 3.87. The van der Waals surface area contributed by atoms with Crippen LogP contribution in [0.3, 0.4) is 0 Å². The van der Waals surface area contributed by atoms with Crippen LogP contribution in [0.2, 0.25) is 0 Å². The van der Waals surface area contributed by atoms with Crippen molar-refractivity contribution < 1.29 is 24.2 Å². The van der Waals surface area contributed by atoms with Crippen LogP contribution >= 0.6 is 0 Å². The Bertz CT molecular complexity index is 926. The molecule has 0 aromatic carbocycles. The third-order valence-corrected chi connectivity index (χ3v) is 8.56. The number of hydrogen-bond acceptors (Lipinski definition) is 5. The first kappa shape index (κ1) is 47.3. The molecular formula is C45H76O5. The second kappa shape index (κ2) is 40.8. The fraction of sp³-hybridized carbons (Fsp3) is 0.689. The first-order valence-corrected chi connectivity index (χ1v) is 20.5. The van der Waals surface area contributed by atoms with E-state index in [9.17, 15) is 14.7 Å². The molecule has 1 unspecified atom stereocenters. The molecule has 1 N–H and O–H groups in total. The lowest BCUT2D eigenvalue weighted by Gasteiger charge is -2.15. The highest BCUT2D eigenvalue weighted by molar-refractivity contribution is 5.70. The van der Waals surface area contributed by atoms with Crippen molar-refractivity contribution in [2.45, 2.75) is 187 Å². The van der Waals surface area contributed by atoms with Gasteiger partial charge in [0.2, 0.25) is 0 Å². The number of aliphatic hydroxyl groups is 1. The molecule has 286 valence electrons. The number of ether oxygens (including phenoxy) is 2. The summed E-state index contributed by atoms with van der Waals surface area (Å²) in [5.41, 5.74) is 0. The summed E-state index contributed by atoms with van der Waals surface area (Å²) < 4.78 is 10.6. The molecule has 0 aliphatic carbocycles. The van der Waals surface area contributed by atoms with Crippen LogP contribution in [0.25, 0.3) is 0 Å². The van der Waals surface area contributed by atoms with E-state index in [1.165, 1.54) is 70.6 Å². The SMILES string of the molecule is CC/C=C/C=C/C=C/CCCCCCCC(=O)OCC(CO)OC(=O)CCCCCCCCCCCCCCC/C=C/C/C=C/C/C=C/CC. The molecule has 5 heteroatoms. The molecule has 0 spiro atoms. The third kappa shape index (κ3) is 38.1. The van der Waals surface area contributed by atoms with Gasteiger partial charge in [0, 0.05) is 12.8 Å². The predicted molar refractivity (Wildman–Crippen MR) is 214 cm³/mol. The van der Waals surface area contributed by atoms with Crippen LogP contribution in [-0.4, -0.2) is 36.4 Å². The first-order chi connectivity index (χ1) is 24.6. The first-order valence-electron chi connectivity index (χ1n) is 20.5. The molecule has 0 saturated heterocycles. The molecule has 0 aromatic rings. The molecule has 0 rings (SSSR count). The van der Waals surface area contributed by atoms with Crippen molar-refractivity contribution in [1.82, 2.24) is 0 Å². The number of allylic oxidation sites excluding steroid dienone is 12. The molecule has 0 fully saturated rings. The lowest BCUT2D eigenvalue weighted by atomic mass is 10.0. The van der Waals surface area contributed by atoms with Crippen LogP contribution in [0.4, 0.5) is 0 Å². The number of unbranched alkanes of at least 4 members (excludes halogenated alkanes) is 18. The van der Waals surface area contributed by atoms with Gasteiger partial charge < -0.3 is 14.6 Å². The topological polar surface area (TPSA) is 72.8 Å². The molecule has 5 nitrogen and oxygen atoms in total. The van der Waals surface area contributed by atoms with Crippen LogP contribution in [0.5, 0.6) is 0 Å². The van der Waals surface area contributed by atoms with Gasteiger partial charge in [-0.25, -0.2) is 0 Å². The van der Waals surface area contributed by atoms with E-state index in [0.717, 1.165) is 83.5 Å². The van der Waals surface area contributed by atoms with Gasteiger partial charge in [0.05, 0.1) is 6.61 Å². The van der Waals surface area contributed by atoms with Crippen LogP contribution in [0, 0.1) is 0 Å². The van der Waals surface area contributed by atoms with Gasteiger partial charge in [-0.1, -0.05) is 177 Å². The van der Waals surface area contributed by atoms with Gasteiger partial charge >= 0.3 is 11.9 Å². The predicted octanol–water partition coefficient (Wildman–Crippen LogP) is 13.0. The Labute approximate surface area is 308 Å². The van der Waals surface area contributed by atoms with Crippen molar-refractivity contribution in [3.63, 3.8) is 0 Å². The van der Waals surface area contributed by atoms with E-state index in [1.54, 1.807) is 0 Å². The Hall–Kier alpha value is -2.66. The Morgan fingerprint density at radius 2 is 0.900 bits per heavy atom. The highest BCUT2D eigenvalue weighted by Gasteiger charge is 2.16. The fourth-order valence-corrected chi connectivity index (χ4v) is 5.51. The Kier molecular flexibility index (Phi) is 38.6. The van der Waals surface area contributed by atoms with Crippen molar-refractivity contribution in [1.29, 1.82) is 0 Å². The maximum atomic E-state index is 12.2. The van der Waals surface area contributed by atoms with E-state index in [0.29, 0.717) is 12.8 Å². The minimum Gasteiger partial charge on any atom is -0.462 e. The average molecular weight is 697 g/mol. The summed E-state index contributed by atoms with van der Waals surface area (Å²) >= 11 is 0. The van der Waals surface area contributed by atoms with Gasteiger partial charge in [0.25, 0.3) is 0 Å². The van der Waals surface area contributed by atoms with Crippen molar-refractivity contribution in [2.75, 3.05) is 13.2 Å². The van der Waals surface area contributed by atoms with Gasteiger partial charge in [-0.3, -0.25) is 9.59 Å². The molecule has 50 heavy (non-hydrogen) atoms. The van der Waals surface area contributed by atoms with Gasteiger partial charge in [0.15, 0.2) is 6.10 Å². The summed E-state index contributed by atoms with van der Waals surface area (Å²) in [6.07, 6.45) is 54.0. The third-order valence-electron chi connectivity index (χ3n) is 8.56. The van der Waals surface area contributed by atoms with Gasteiger partial charge in [0.1, 0.15) is 6.61 Å². The maximum Gasteiger partial charge on any atom is 0.306 e. The van der Waals surface area contributed by atoms with Crippen LogP contribution in [-0.2, 0) is 19.1 Å². The van der Waals surface area contributed by atoms with E-state index in [1.807, 2.05) is 0 Å². The number of carbonyl (C=O) groups is 2. The molecule has 0 aliphatic heterocycles. The second-order valence-corrected chi connectivity index (χ2v) is 13.4. The molecule has 0 amide bonds. The number of rotatable bonds is 36. The highest BCUT2D eigenvalue weighted by Crippen LogP contribution is 2.14. The monoisotopic (exact) mass is 697 g/mol. The standard InChI is InChI=1S/C45H76O5/c1-3-5-7-9-11-13-15-17-18-19-20-21-22-23-24-25-26-28-30-32-34-36-38-40-45(48)50-43(41-46)42-49-44(47)39-37-35-33-31-29-27-16-14-12-10-8-6-4-2/h5-8,10-14,16-18,43,46H,3-4,9,15,19-42H2,1-2H3/b7-5+,8-6+,12-10+,13-11+,16-14+,18-17+. The lowest BCUT2D eigenvalue weighted by molar-refractivity contribution is -0.161. The molecule has 0 saturated carbocycles. The van der Waals surface area contributed by atoms with E-state index >= 15 is 0 Å². The summed E-state index contributed by atoms with van der Waals surface area (Å²) in [4.78, 5) is 24.3. The average Bonchev–Trinajstić information content (AvgIpc) is 3.12. The summed E-state index contributed by atoms with van der Waals surface area (Å²) in [5, 5.41) is 9.56. The molecule has 0 heterocycles. The quantitative estimate of drug-likeness (QED) is 0.0305. The fourth-order valence-electron chi connectivity index (χ4n) is 5.51. The number of esters is 2. The summed E-state index contributed by atoms with van der Waals surface area (Å²) in [7, 11) is 0. The number of hydrogen-bond donors (Lipinski definition) is 1. The molecular weight excluding hydrogens is 620 g/mol. The Morgan fingerprint density at radius 3 is 1.42 bits per heavy atom. The molecule has 0 bridgehead atoms. The van der Waals surface area contributed by atoms with Crippen LogP contribution in [0.1, 0.15) is 181 Å². The zero-order chi connectivity index (χ0) is 36.4. The van der Waals surface area contributed by atoms with Gasteiger partial charge in [-0.15, -0.1) is 0 Å². The number of carbonyl (C=O) groups excluding carboxylic acids is 2. The Balaban J connectivity index is 3.54. The normalized spacial score (nSPS) is 12.9. The van der Waals surface area contributed by atoms with Crippen molar-refractivity contribution >= 4 is 11.9 Å². The van der Waals surface area contributed by atoms with Gasteiger partial charge in [-0.2, -0.15) is 0 Å². The smallest absolute Gasteiger partial charge is 0.306 e. The van der Waals surface area contributed by atoms with E-state index in [-0.39, 0.29) is 25.2 Å². The van der Waals surface area contributed by atoms with Crippen molar-refractivity contribution in [2.24, 2.45) is 0 Å². The highest BCUT2D eigenvalue weighted by atomic mass is 16.6. The molecule has 1 atom stereocenters. The number of aliphatic hydroxyl groups excluding tert-OH is 1. The van der Waals surface area contributed by atoms with Crippen molar-refractivity contribution in [3.05, 3.63) is 72.9 Å². The van der Waals surface area contributed by atoms with E-state index < -0.39 is 6.10 Å². The zero-order valence-corrected chi connectivity index (χ0v) is 32.4. The van der Waals surface area contributed by atoms with Crippen molar-refractivity contribution in [3.8, 4) is 0 Å². The van der Waals surface area contributed by atoms with Gasteiger partial charge in [-0.05, 0) is 64.2 Å². The Morgan fingerprint density at radius 1 is 0.480 bits per heavy atom. The van der Waals surface area contributed by atoms with E-state index in [2.05, 4.69) is 86.8 Å². The molecule has 0 aliphatic rings. The molecule has 0 radical (unpaired) electrons. The summed E-state index contributed by atoms with van der Waals surface area (Å²) in [6, 6.07) is 0. The van der Waals surface area contributed by atoms with E-state index in [4.69, 9.17) is 9.47 Å². The lowest BCUT2D eigenvalue weighted by Crippen LogP contribution is -2.28. The maximum absolute atomic E-state index is 12.2. The van der Waals surface area contributed by atoms with Crippen LogP contribution in [0.15, 0.2) is 72.9 Å². The minimum atomic E-state index is -0.782. The summed E-state index contributed by atoms with van der Waals surface area (Å²) in [5.74, 6) is -0.620. The second-order valence-electron chi connectivity index (χ2n) is 13.4.